The summed E-state index contributed by atoms with van der Waals surface area (Å²) in [6, 6.07) is 6.61. The SMILES string of the molecule is FC1=C(c2ccccc2)C(F)(F)C1(F)F. The minimum Gasteiger partial charge on any atom is -0.204 e. The Labute approximate surface area is 82.0 Å². The standard InChI is InChI=1S/C10H5F5/c11-8-7(6-4-2-1-3-5-6)9(12,13)10(8,14)15/h1-5H. The molecule has 1 aromatic carbocycles. The first-order valence-corrected chi connectivity index (χ1v) is 4.11. The van der Waals surface area contributed by atoms with Gasteiger partial charge in [-0.15, -0.1) is 0 Å². The lowest BCUT2D eigenvalue weighted by molar-refractivity contribution is -0.182. The van der Waals surface area contributed by atoms with Gasteiger partial charge < -0.3 is 0 Å². The molecule has 0 saturated heterocycles. The summed E-state index contributed by atoms with van der Waals surface area (Å²) in [7, 11) is 0. The maximum Gasteiger partial charge on any atom is 0.365 e. The van der Waals surface area contributed by atoms with E-state index in [2.05, 4.69) is 0 Å². The largest absolute Gasteiger partial charge is 0.365 e. The van der Waals surface area contributed by atoms with Gasteiger partial charge in [0.1, 0.15) is 0 Å². The maximum absolute atomic E-state index is 12.9. The van der Waals surface area contributed by atoms with Gasteiger partial charge in [0.25, 0.3) is 0 Å². The van der Waals surface area contributed by atoms with Crippen LogP contribution >= 0.6 is 0 Å². The summed E-state index contributed by atoms with van der Waals surface area (Å²) in [6.45, 7) is 0. The zero-order chi connectivity index (χ0) is 11.3. The third kappa shape index (κ3) is 1.12. The van der Waals surface area contributed by atoms with Gasteiger partial charge in [0.2, 0.25) is 0 Å². The van der Waals surface area contributed by atoms with E-state index in [-0.39, 0.29) is 5.56 Å². The third-order valence-corrected chi connectivity index (χ3v) is 2.27. The van der Waals surface area contributed by atoms with E-state index >= 15 is 0 Å². The topological polar surface area (TPSA) is 0 Å². The molecule has 15 heavy (non-hydrogen) atoms. The molecule has 1 aliphatic rings. The number of allylic oxidation sites excluding steroid dienone is 2. The van der Waals surface area contributed by atoms with E-state index in [0.717, 1.165) is 12.1 Å². The number of rotatable bonds is 1. The van der Waals surface area contributed by atoms with E-state index in [1.54, 1.807) is 0 Å². The Morgan fingerprint density at radius 1 is 0.800 bits per heavy atom. The van der Waals surface area contributed by atoms with Gasteiger partial charge in [0.05, 0.1) is 5.57 Å². The van der Waals surface area contributed by atoms with Crippen LogP contribution in [0.5, 0.6) is 0 Å². The van der Waals surface area contributed by atoms with E-state index in [0.29, 0.717) is 0 Å². The lowest BCUT2D eigenvalue weighted by Crippen LogP contribution is -2.51. The van der Waals surface area contributed by atoms with Crippen LogP contribution < -0.4 is 0 Å². The highest BCUT2D eigenvalue weighted by Crippen LogP contribution is 2.59. The summed E-state index contributed by atoms with van der Waals surface area (Å²) < 4.78 is 63.5. The van der Waals surface area contributed by atoms with Gasteiger partial charge in [0, 0.05) is 0 Å². The Morgan fingerprint density at radius 2 is 1.33 bits per heavy atom. The van der Waals surface area contributed by atoms with Crippen molar-refractivity contribution in [2.75, 3.05) is 0 Å². The molecule has 1 aromatic rings. The molecule has 0 spiro atoms. The maximum atomic E-state index is 12.9. The Hall–Kier alpha value is -1.39. The number of benzene rings is 1. The van der Waals surface area contributed by atoms with E-state index in [4.69, 9.17) is 0 Å². The first kappa shape index (κ1) is 10.1. The molecule has 5 heteroatoms. The molecule has 0 saturated carbocycles. The van der Waals surface area contributed by atoms with Crippen molar-refractivity contribution in [3.05, 3.63) is 41.7 Å². The average molecular weight is 220 g/mol. The number of hydrogen-bond acceptors (Lipinski definition) is 0. The summed E-state index contributed by atoms with van der Waals surface area (Å²) in [5.41, 5.74) is -1.43. The first-order chi connectivity index (χ1) is 6.89. The molecule has 0 radical (unpaired) electrons. The molecule has 0 N–H and O–H groups in total. The smallest absolute Gasteiger partial charge is 0.204 e. The van der Waals surface area contributed by atoms with Crippen LogP contribution in [0.4, 0.5) is 22.0 Å². The highest BCUT2D eigenvalue weighted by Gasteiger charge is 2.72. The number of halogens is 5. The van der Waals surface area contributed by atoms with Crippen LogP contribution in [0.25, 0.3) is 5.57 Å². The van der Waals surface area contributed by atoms with Crippen molar-refractivity contribution in [2.45, 2.75) is 11.8 Å². The molecule has 1 aliphatic carbocycles. The molecule has 0 nitrogen and oxygen atoms in total. The molecule has 0 heterocycles. The molecule has 0 bridgehead atoms. The van der Waals surface area contributed by atoms with Crippen molar-refractivity contribution in [3.8, 4) is 0 Å². The summed E-state index contributed by atoms with van der Waals surface area (Å²) in [5.74, 6) is -11.1. The quantitative estimate of drug-likeness (QED) is 0.633. The second-order valence-electron chi connectivity index (χ2n) is 3.20. The molecule has 0 unspecified atom stereocenters. The number of alkyl halides is 4. The van der Waals surface area contributed by atoms with Crippen LogP contribution in [-0.4, -0.2) is 11.8 Å². The van der Waals surface area contributed by atoms with Gasteiger partial charge in [-0.2, -0.15) is 17.6 Å². The molecule has 0 aromatic heterocycles. The van der Waals surface area contributed by atoms with Crippen molar-refractivity contribution < 1.29 is 22.0 Å². The third-order valence-electron chi connectivity index (χ3n) is 2.27. The molecular formula is C10H5F5. The molecule has 0 aliphatic heterocycles. The molecule has 2 rings (SSSR count). The van der Waals surface area contributed by atoms with Crippen molar-refractivity contribution in [3.63, 3.8) is 0 Å². The highest BCUT2D eigenvalue weighted by molar-refractivity contribution is 5.81. The predicted octanol–water partition coefficient (Wildman–Crippen LogP) is 3.65. The first-order valence-electron chi connectivity index (χ1n) is 4.11. The van der Waals surface area contributed by atoms with E-state index in [1.165, 1.54) is 18.2 Å². The number of hydrogen-bond donors (Lipinski definition) is 0. The van der Waals surface area contributed by atoms with Gasteiger partial charge in [-0.3, -0.25) is 0 Å². The summed E-state index contributed by atoms with van der Waals surface area (Å²) in [5, 5.41) is 0. The summed E-state index contributed by atoms with van der Waals surface area (Å²) in [6.07, 6.45) is 0. The normalized spacial score (nSPS) is 22.5. The van der Waals surface area contributed by atoms with Crippen LogP contribution in [0.2, 0.25) is 0 Å². The van der Waals surface area contributed by atoms with Crippen molar-refractivity contribution >= 4 is 5.57 Å². The summed E-state index contributed by atoms with van der Waals surface area (Å²) >= 11 is 0. The van der Waals surface area contributed by atoms with Crippen LogP contribution in [0.15, 0.2) is 36.2 Å². The Balaban J connectivity index is 2.54. The van der Waals surface area contributed by atoms with Crippen molar-refractivity contribution in [1.29, 1.82) is 0 Å². The fourth-order valence-corrected chi connectivity index (χ4v) is 1.44. The molecule has 80 valence electrons. The molecule has 0 fully saturated rings. The van der Waals surface area contributed by atoms with Crippen molar-refractivity contribution in [1.82, 2.24) is 0 Å². The van der Waals surface area contributed by atoms with Gasteiger partial charge in [0.15, 0.2) is 5.83 Å². The lowest BCUT2D eigenvalue weighted by atomic mass is 9.83. The molecule has 0 atom stereocenters. The zero-order valence-corrected chi connectivity index (χ0v) is 7.28. The minimum atomic E-state index is -4.67. The van der Waals surface area contributed by atoms with Crippen LogP contribution in [-0.2, 0) is 0 Å². The van der Waals surface area contributed by atoms with Gasteiger partial charge >= 0.3 is 11.8 Å². The Morgan fingerprint density at radius 3 is 1.80 bits per heavy atom. The van der Waals surface area contributed by atoms with Crippen LogP contribution in [0.3, 0.4) is 0 Å². The van der Waals surface area contributed by atoms with Crippen molar-refractivity contribution in [2.24, 2.45) is 0 Å². The minimum absolute atomic E-state index is 0.217. The van der Waals surface area contributed by atoms with Gasteiger partial charge in [-0.05, 0) is 5.56 Å². The second kappa shape index (κ2) is 2.81. The van der Waals surface area contributed by atoms with Gasteiger partial charge in [-0.1, -0.05) is 30.3 Å². The van der Waals surface area contributed by atoms with Crippen LogP contribution in [0.1, 0.15) is 5.56 Å². The fourth-order valence-electron chi connectivity index (χ4n) is 1.44. The predicted molar refractivity (Wildman–Crippen MR) is 44.4 cm³/mol. The lowest BCUT2D eigenvalue weighted by Gasteiger charge is -2.36. The molecular weight excluding hydrogens is 215 g/mol. The highest BCUT2D eigenvalue weighted by atomic mass is 19.3. The Kier molecular flexibility index (Phi) is 1.90. The Bertz CT molecular complexity index is 419. The second-order valence-corrected chi connectivity index (χ2v) is 3.20. The monoisotopic (exact) mass is 220 g/mol. The average Bonchev–Trinajstić information content (AvgIpc) is 2.19. The van der Waals surface area contributed by atoms with E-state index in [9.17, 15) is 22.0 Å². The van der Waals surface area contributed by atoms with E-state index in [1.807, 2.05) is 0 Å². The summed E-state index contributed by atoms with van der Waals surface area (Å²) in [4.78, 5) is 0. The van der Waals surface area contributed by atoms with Gasteiger partial charge in [-0.25, -0.2) is 4.39 Å². The molecule has 0 amide bonds. The van der Waals surface area contributed by atoms with E-state index < -0.39 is 23.2 Å². The zero-order valence-electron chi connectivity index (χ0n) is 7.28. The fraction of sp³-hybridized carbons (Fsp3) is 0.200. The van der Waals surface area contributed by atoms with Crippen LogP contribution in [0, 0.1) is 0 Å².